The van der Waals surface area contributed by atoms with Crippen LogP contribution < -0.4 is 21.1 Å². The van der Waals surface area contributed by atoms with Crippen LogP contribution in [0.3, 0.4) is 0 Å². The minimum Gasteiger partial charge on any atom is -0.484 e. The summed E-state index contributed by atoms with van der Waals surface area (Å²) in [7, 11) is 0. The molecule has 1 unspecified atom stereocenters. The fourth-order valence-electron chi connectivity index (χ4n) is 2.07. The number of hydrogen-bond acceptors (Lipinski definition) is 4. The Labute approximate surface area is 117 Å². The standard InChI is InChI=1S/C14H19N3O3/c15-13(18)9-20-11-5-3-10(4-6-11)8-17-12-2-1-7-16-14(12)19/h3-6,12,17H,1-2,7-9H2,(H2,15,18)(H,16,19). The van der Waals surface area contributed by atoms with Gasteiger partial charge in [-0.1, -0.05) is 12.1 Å². The summed E-state index contributed by atoms with van der Waals surface area (Å²) in [6.07, 6.45) is 1.87. The summed E-state index contributed by atoms with van der Waals surface area (Å²) in [6.45, 7) is 1.26. The summed E-state index contributed by atoms with van der Waals surface area (Å²) in [5, 5.41) is 6.07. The number of piperidine rings is 1. The van der Waals surface area contributed by atoms with Crippen molar-refractivity contribution in [1.29, 1.82) is 0 Å². The first-order chi connectivity index (χ1) is 9.65. The number of ether oxygens (including phenoxy) is 1. The van der Waals surface area contributed by atoms with Gasteiger partial charge in [-0.25, -0.2) is 0 Å². The summed E-state index contributed by atoms with van der Waals surface area (Å²) in [5.74, 6) is 0.166. The van der Waals surface area contributed by atoms with Crippen molar-refractivity contribution in [3.63, 3.8) is 0 Å². The normalized spacial score (nSPS) is 18.4. The van der Waals surface area contributed by atoms with E-state index in [9.17, 15) is 9.59 Å². The van der Waals surface area contributed by atoms with Crippen molar-refractivity contribution < 1.29 is 14.3 Å². The van der Waals surface area contributed by atoms with Gasteiger partial charge in [0.25, 0.3) is 5.91 Å². The number of rotatable bonds is 6. The highest BCUT2D eigenvalue weighted by atomic mass is 16.5. The Hall–Kier alpha value is -2.08. The molecule has 0 bridgehead atoms. The number of carbonyl (C=O) groups excluding carboxylic acids is 2. The number of nitrogens with two attached hydrogens (primary N) is 1. The van der Waals surface area contributed by atoms with Gasteiger partial charge in [0.05, 0.1) is 6.04 Å². The van der Waals surface area contributed by atoms with Gasteiger partial charge >= 0.3 is 0 Å². The van der Waals surface area contributed by atoms with E-state index in [0.29, 0.717) is 12.3 Å². The number of amides is 2. The number of carbonyl (C=O) groups is 2. The number of benzene rings is 1. The van der Waals surface area contributed by atoms with Crippen LogP contribution in [0.5, 0.6) is 5.75 Å². The van der Waals surface area contributed by atoms with Gasteiger partial charge in [-0.15, -0.1) is 0 Å². The highest BCUT2D eigenvalue weighted by molar-refractivity contribution is 5.82. The SMILES string of the molecule is NC(=O)COc1ccc(CNC2CCCNC2=O)cc1. The molecule has 1 aliphatic heterocycles. The van der Waals surface area contributed by atoms with Crippen molar-refractivity contribution in [1.82, 2.24) is 10.6 Å². The Morgan fingerprint density at radius 1 is 1.40 bits per heavy atom. The van der Waals surface area contributed by atoms with Crippen LogP contribution in [0, 0.1) is 0 Å². The van der Waals surface area contributed by atoms with Crippen LogP contribution in [0.4, 0.5) is 0 Å². The van der Waals surface area contributed by atoms with E-state index in [-0.39, 0.29) is 18.6 Å². The number of nitrogens with one attached hydrogen (secondary N) is 2. The smallest absolute Gasteiger partial charge is 0.255 e. The molecule has 6 heteroatoms. The number of primary amides is 1. The van der Waals surface area contributed by atoms with E-state index in [1.54, 1.807) is 12.1 Å². The largest absolute Gasteiger partial charge is 0.484 e. The Balaban J connectivity index is 1.81. The summed E-state index contributed by atoms with van der Waals surface area (Å²) < 4.78 is 5.17. The van der Waals surface area contributed by atoms with E-state index in [0.717, 1.165) is 24.9 Å². The summed E-state index contributed by atoms with van der Waals surface area (Å²) in [4.78, 5) is 22.2. The van der Waals surface area contributed by atoms with Crippen molar-refractivity contribution in [2.45, 2.75) is 25.4 Å². The zero-order valence-corrected chi connectivity index (χ0v) is 11.2. The van der Waals surface area contributed by atoms with Gasteiger partial charge in [-0.2, -0.15) is 0 Å². The fourth-order valence-corrected chi connectivity index (χ4v) is 2.07. The lowest BCUT2D eigenvalue weighted by molar-refractivity contribution is -0.124. The second-order valence-corrected chi connectivity index (χ2v) is 4.77. The van der Waals surface area contributed by atoms with Gasteiger partial charge < -0.3 is 21.1 Å². The van der Waals surface area contributed by atoms with E-state index in [1.165, 1.54) is 0 Å². The molecule has 1 atom stereocenters. The highest BCUT2D eigenvalue weighted by Crippen LogP contribution is 2.12. The Kier molecular flexibility index (Phi) is 4.95. The van der Waals surface area contributed by atoms with E-state index in [1.807, 2.05) is 12.1 Å². The topological polar surface area (TPSA) is 93.5 Å². The summed E-state index contributed by atoms with van der Waals surface area (Å²) >= 11 is 0. The lowest BCUT2D eigenvalue weighted by Gasteiger charge is -2.22. The maximum absolute atomic E-state index is 11.6. The Morgan fingerprint density at radius 3 is 2.80 bits per heavy atom. The fraction of sp³-hybridized carbons (Fsp3) is 0.429. The maximum atomic E-state index is 11.6. The molecular weight excluding hydrogens is 258 g/mol. The van der Waals surface area contributed by atoms with Crippen LogP contribution in [0.2, 0.25) is 0 Å². The molecule has 0 saturated carbocycles. The van der Waals surface area contributed by atoms with Gasteiger partial charge in [0.15, 0.2) is 6.61 Å². The average molecular weight is 277 g/mol. The molecule has 108 valence electrons. The molecule has 0 aliphatic carbocycles. The van der Waals surface area contributed by atoms with Crippen molar-refractivity contribution in [3.05, 3.63) is 29.8 Å². The molecule has 0 spiro atoms. The Bertz CT molecular complexity index is 473. The van der Waals surface area contributed by atoms with Gasteiger partial charge in [0.1, 0.15) is 5.75 Å². The molecule has 0 aromatic heterocycles. The second kappa shape index (κ2) is 6.91. The van der Waals surface area contributed by atoms with Crippen molar-refractivity contribution >= 4 is 11.8 Å². The molecule has 1 aliphatic rings. The minimum absolute atomic E-state index is 0.0673. The van der Waals surface area contributed by atoms with Gasteiger partial charge in [0, 0.05) is 13.1 Å². The van der Waals surface area contributed by atoms with Crippen LogP contribution >= 0.6 is 0 Å². The van der Waals surface area contributed by atoms with E-state index >= 15 is 0 Å². The molecule has 1 aromatic carbocycles. The summed E-state index contributed by atoms with van der Waals surface area (Å²) in [6, 6.07) is 7.23. The molecule has 6 nitrogen and oxygen atoms in total. The lowest BCUT2D eigenvalue weighted by Crippen LogP contribution is -2.47. The van der Waals surface area contributed by atoms with E-state index in [4.69, 9.17) is 10.5 Å². The zero-order chi connectivity index (χ0) is 14.4. The number of hydrogen-bond donors (Lipinski definition) is 3. The molecule has 20 heavy (non-hydrogen) atoms. The monoisotopic (exact) mass is 277 g/mol. The molecule has 1 heterocycles. The molecule has 0 radical (unpaired) electrons. The average Bonchev–Trinajstić information content (AvgIpc) is 2.45. The third kappa shape index (κ3) is 4.24. The molecule has 2 rings (SSSR count). The minimum atomic E-state index is -0.501. The van der Waals surface area contributed by atoms with E-state index < -0.39 is 5.91 Å². The van der Waals surface area contributed by atoms with Crippen LogP contribution in [-0.4, -0.2) is 31.0 Å². The first-order valence-electron chi connectivity index (χ1n) is 6.66. The van der Waals surface area contributed by atoms with Gasteiger partial charge in [0.2, 0.25) is 5.91 Å². The predicted molar refractivity (Wildman–Crippen MR) is 74.0 cm³/mol. The van der Waals surface area contributed by atoms with Gasteiger partial charge in [-0.3, -0.25) is 9.59 Å². The maximum Gasteiger partial charge on any atom is 0.255 e. The molecule has 1 aromatic rings. The predicted octanol–water partition coefficient (Wildman–Crippen LogP) is -0.0811. The quantitative estimate of drug-likeness (QED) is 0.678. The molecule has 1 saturated heterocycles. The van der Waals surface area contributed by atoms with Crippen LogP contribution in [0.25, 0.3) is 0 Å². The molecule has 4 N–H and O–H groups in total. The summed E-state index contributed by atoms with van der Waals surface area (Å²) in [5.41, 5.74) is 6.05. The van der Waals surface area contributed by atoms with Crippen molar-refractivity contribution in [2.75, 3.05) is 13.2 Å². The first-order valence-corrected chi connectivity index (χ1v) is 6.66. The van der Waals surface area contributed by atoms with Gasteiger partial charge in [-0.05, 0) is 30.5 Å². The second-order valence-electron chi connectivity index (χ2n) is 4.77. The lowest BCUT2D eigenvalue weighted by atomic mass is 10.1. The molecular formula is C14H19N3O3. The van der Waals surface area contributed by atoms with Crippen LogP contribution in [0.1, 0.15) is 18.4 Å². The van der Waals surface area contributed by atoms with Crippen LogP contribution in [0.15, 0.2) is 24.3 Å². The zero-order valence-electron chi connectivity index (χ0n) is 11.2. The molecule has 2 amide bonds. The Morgan fingerprint density at radius 2 is 2.15 bits per heavy atom. The molecule has 1 fully saturated rings. The third-order valence-electron chi connectivity index (χ3n) is 3.14. The van der Waals surface area contributed by atoms with Crippen molar-refractivity contribution in [2.24, 2.45) is 5.73 Å². The first kappa shape index (κ1) is 14.3. The van der Waals surface area contributed by atoms with Crippen LogP contribution in [-0.2, 0) is 16.1 Å². The highest BCUT2D eigenvalue weighted by Gasteiger charge is 2.20. The van der Waals surface area contributed by atoms with E-state index in [2.05, 4.69) is 10.6 Å². The van der Waals surface area contributed by atoms with Crippen molar-refractivity contribution in [3.8, 4) is 5.75 Å². The third-order valence-corrected chi connectivity index (χ3v) is 3.14.